The fourth-order valence-electron chi connectivity index (χ4n) is 2.09. The van der Waals surface area contributed by atoms with Crippen LogP contribution >= 0.6 is 0 Å². The molecule has 0 saturated heterocycles. The van der Waals surface area contributed by atoms with Gasteiger partial charge in [0.05, 0.1) is 5.56 Å². The van der Waals surface area contributed by atoms with Gasteiger partial charge < -0.3 is 5.73 Å². The molecule has 0 spiro atoms. The molecule has 0 atom stereocenters. The van der Waals surface area contributed by atoms with E-state index in [0.717, 1.165) is 30.0 Å². The maximum Gasteiger partial charge on any atom is 0.416 e. The highest BCUT2D eigenvalue weighted by atomic mass is 19.4. The van der Waals surface area contributed by atoms with Gasteiger partial charge in [0.2, 0.25) is 0 Å². The molecular formula is C16H16F3N. The Morgan fingerprint density at radius 2 is 1.55 bits per heavy atom. The Labute approximate surface area is 116 Å². The number of alkyl halides is 3. The lowest BCUT2D eigenvalue weighted by Gasteiger charge is -2.10. The van der Waals surface area contributed by atoms with Gasteiger partial charge in [-0.1, -0.05) is 36.4 Å². The van der Waals surface area contributed by atoms with Crippen molar-refractivity contribution in [2.24, 2.45) is 5.73 Å². The lowest BCUT2D eigenvalue weighted by molar-refractivity contribution is -0.137. The van der Waals surface area contributed by atoms with E-state index in [2.05, 4.69) is 0 Å². The first-order valence-corrected chi connectivity index (χ1v) is 6.47. The van der Waals surface area contributed by atoms with Crippen LogP contribution in [0.15, 0.2) is 48.5 Å². The molecule has 2 aromatic carbocycles. The van der Waals surface area contributed by atoms with E-state index < -0.39 is 11.7 Å². The first-order chi connectivity index (χ1) is 9.50. The van der Waals surface area contributed by atoms with E-state index in [-0.39, 0.29) is 0 Å². The molecule has 20 heavy (non-hydrogen) atoms. The molecule has 0 saturated carbocycles. The van der Waals surface area contributed by atoms with Gasteiger partial charge >= 0.3 is 6.18 Å². The van der Waals surface area contributed by atoms with Crippen LogP contribution in [0.1, 0.15) is 17.5 Å². The van der Waals surface area contributed by atoms with Gasteiger partial charge in [0.15, 0.2) is 0 Å². The van der Waals surface area contributed by atoms with Crippen molar-refractivity contribution in [1.82, 2.24) is 0 Å². The molecule has 0 aliphatic carbocycles. The van der Waals surface area contributed by atoms with E-state index in [0.29, 0.717) is 12.1 Å². The molecule has 0 fully saturated rings. The molecule has 1 nitrogen and oxygen atoms in total. The zero-order valence-electron chi connectivity index (χ0n) is 11.0. The summed E-state index contributed by atoms with van der Waals surface area (Å²) in [4.78, 5) is 0. The molecule has 4 heteroatoms. The average Bonchev–Trinajstić information content (AvgIpc) is 2.45. The zero-order chi connectivity index (χ0) is 14.6. The molecule has 2 aromatic rings. The fourth-order valence-corrected chi connectivity index (χ4v) is 2.09. The molecular weight excluding hydrogens is 263 g/mol. The number of nitrogens with two attached hydrogens (primary N) is 1. The van der Waals surface area contributed by atoms with Gasteiger partial charge in [0, 0.05) is 0 Å². The predicted octanol–water partition coefficient (Wildman–Crippen LogP) is 4.26. The van der Waals surface area contributed by atoms with Crippen LogP contribution in [0, 0.1) is 0 Å². The Hall–Kier alpha value is -1.81. The van der Waals surface area contributed by atoms with E-state index in [4.69, 9.17) is 5.73 Å². The van der Waals surface area contributed by atoms with Crippen LogP contribution in [0.3, 0.4) is 0 Å². The number of halogens is 3. The molecule has 0 amide bonds. The third kappa shape index (κ3) is 3.61. The first-order valence-electron chi connectivity index (χ1n) is 6.47. The Bertz CT molecular complexity index is 576. The lowest BCUT2D eigenvalue weighted by Crippen LogP contribution is -2.04. The summed E-state index contributed by atoms with van der Waals surface area (Å²) in [7, 11) is 0. The van der Waals surface area contributed by atoms with Crippen LogP contribution in [-0.2, 0) is 12.6 Å². The Morgan fingerprint density at radius 1 is 0.900 bits per heavy atom. The summed E-state index contributed by atoms with van der Waals surface area (Å²) < 4.78 is 38.1. The molecule has 2 N–H and O–H groups in total. The topological polar surface area (TPSA) is 26.0 Å². The number of benzene rings is 2. The smallest absolute Gasteiger partial charge is 0.330 e. The lowest BCUT2D eigenvalue weighted by atomic mass is 9.99. The maximum absolute atomic E-state index is 12.7. The molecule has 0 heterocycles. The highest BCUT2D eigenvalue weighted by Crippen LogP contribution is 2.32. The van der Waals surface area contributed by atoms with Gasteiger partial charge in [-0.05, 0) is 48.2 Å². The van der Waals surface area contributed by atoms with Crippen LogP contribution < -0.4 is 5.73 Å². The van der Waals surface area contributed by atoms with Gasteiger partial charge in [-0.2, -0.15) is 13.2 Å². The Balaban J connectivity index is 2.32. The molecule has 0 radical (unpaired) electrons. The number of aryl methyl sites for hydroxylation is 1. The number of hydrogen-bond donors (Lipinski definition) is 1. The molecule has 0 aliphatic heterocycles. The molecule has 106 valence electrons. The fraction of sp³-hybridized carbons (Fsp3) is 0.250. The minimum absolute atomic E-state index is 0.578. The predicted molar refractivity (Wildman–Crippen MR) is 74.3 cm³/mol. The van der Waals surface area contributed by atoms with E-state index in [9.17, 15) is 13.2 Å². The summed E-state index contributed by atoms with van der Waals surface area (Å²) in [6, 6.07) is 13.0. The van der Waals surface area contributed by atoms with Crippen molar-refractivity contribution >= 4 is 0 Å². The number of hydrogen-bond acceptors (Lipinski definition) is 1. The van der Waals surface area contributed by atoms with E-state index in [1.54, 1.807) is 6.07 Å². The summed E-state index contributed by atoms with van der Waals surface area (Å²) in [5.74, 6) is 0. The van der Waals surface area contributed by atoms with Crippen molar-refractivity contribution in [3.63, 3.8) is 0 Å². The van der Waals surface area contributed by atoms with Crippen LogP contribution in [0.5, 0.6) is 0 Å². The molecule has 2 rings (SSSR count). The standard InChI is InChI=1S/C16H16F3N/c17-16(18,19)15-8-2-7-14(11-15)13-6-1-4-12(10-13)5-3-9-20/h1-2,4,6-8,10-11H,3,5,9,20H2. The summed E-state index contributed by atoms with van der Waals surface area (Å²) in [5.41, 5.74) is 7.31. The van der Waals surface area contributed by atoms with E-state index in [1.807, 2.05) is 24.3 Å². The van der Waals surface area contributed by atoms with Crippen molar-refractivity contribution in [2.75, 3.05) is 6.54 Å². The Morgan fingerprint density at radius 3 is 2.20 bits per heavy atom. The molecule has 0 aliphatic rings. The van der Waals surface area contributed by atoms with Crippen LogP contribution in [0.25, 0.3) is 11.1 Å². The largest absolute Gasteiger partial charge is 0.416 e. The molecule has 0 aromatic heterocycles. The monoisotopic (exact) mass is 279 g/mol. The zero-order valence-corrected chi connectivity index (χ0v) is 11.0. The summed E-state index contributed by atoms with van der Waals surface area (Å²) in [6.07, 6.45) is -2.61. The van der Waals surface area contributed by atoms with Crippen molar-refractivity contribution in [3.8, 4) is 11.1 Å². The van der Waals surface area contributed by atoms with E-state index in [1.165, 1.54) is 12.1 Å². The SMILES string of the molecule is NCCCc1cccc(-c2cccc(C(F)(F)F)c2)c1. The molecule has 0 bridgehead atoms. The highest BCUT2D eigenvalue weighted by molar-refractivity contribution is 5.65. The van der Waals surface area contributed by atoms with Gasteiger partial charge in [-0.15, -0.1) is 0 Å². The van der Waals surface area contributed by atoms with Gasteiger partial charge in [-0.3, -0.25) is 0 Å². The maximum atomic E-state index is 12.7. The summed E-state index contributed by atoms with van der Waals surface area (Å²) >= 11 is 0. The number of rotatable bonds is 4. The molecule has 0 unspecified atom stereocenters. The summed E-state index contributed by atoms with van der Waals surface area (Å²) in [6.45, 7) is 0.605. The van der Waals surface area contributed by atoms with Gasteiger partial charge in [-0.25, -0.2) is 0 Å². The first kappa shape index (κ1) is 14.6. The normalized spacial score (nSPS) is 11.6. The van der Waals surface area contributed by atoms with Crippen molar-refractivity contribution < 1.29 is 13.2 Å². The van der Waals surface area contributed by atoms with Crippen LogP contribution in [0.2, 0.25) is 0 Å². The second-order valence-corrected chi connectivity index (χ2v) is 4.67. The second-order valence-electron chi connectivity index (χ2n) is 4.67. The second kappa shape index (κ2) is 6.09. The third-order valence-corrected chi connectivity index (χ3v) is 3.12. The van der Waals surface area contributed by atoms with E-state index >= 15 is 0 Å². The highest BCUT2D eigenvalue weighted by Gasteiger charge is 2.30. The minimum atomic E-state index is -4.31. The minimum Gasteiger partial charge on any atom is -0.330 e. The van der Waals surface area contributed by atoms with Crippen LogP contribution in [-0.4, -0.2) is 6.54 Å². The van der Waals surface area contributed by atoms with Crippen molar-refractivity contribution in [2.45, 2.75) is 19.0 Å². The van der Waals surface area contributed by atoms with Crippen LogP contribution in [0.4, 0.5) is 13.2 Å². The third-order valence-electron chi connectivity index (χ3n) is 3.12. The average molecular weight is 279 g/mol. The van der Waals surface area contributed by atoms with Crippen molar-refractivity contribution in [3.05, 3.63) is 59.7 Å². The quantitative estimate of drug-likeness (QED) is 0.889. The Kier molecular flexibility index (Phi) is 4.45. The van der Waals surface area contributed by atoms with Gasteiger partial charge in [0.1, 0.15) is 0 Å². The van der Waals surface area contributed by atoms with Crippen molar-refractivity contribution in [1.29, 1.82) is 0 Å². The summed E-state index contributed by atoms with van der Waals surface area (Å²) in [5, 5.41) is 0. The van der Waals surface area contributed by atoms with Gasteiger partial charge in [0.25, 0.3) is 0 Å².